The van der Waals surface area contributed by atoms with Gasteiger partial charge in [-0.2, -0.15) is 0 Å². The molecule has 0 unspecified atom stereocenters. The number of rotatable bonds is 5. The Morgan fingerprint density at radius 3 is 2.62 bits per heavy atom. The largest absolute Gasteiger partial charge is 0.395 e. The summed E-state index contributed by atoms with van der Waals surface area (Å²) in [7, 11) is -1.26. The van der Waals surface area contributed by atoms with Crippen molar-refractivity contribution in [3.8, 4) is 0 Å². The first-order valence-electron chi connectivity index (χ1n) is 5.93. The summed E-state index contributed by atoms with van der Waals surface area (Å²) < 4.78 is 11.5. The molecule has 1 fully saturated rings. The molecule has 0 aliphatic heterocycles. The van der Waals surface area contributed by atoms with Gasteiger partial charge >= 0.3 is 0 Å². The molecule has 0 spiro atoms. The van der Waals surface area contributed by atoms with E-state index in [1.165, 1.54) is 19.3 Å². The Bertz CT molecular complexity index is 252. The number of carbonyl (C=O) groups excluding carboxylic acids is 1. The third kappa shape index (κ3) is 4.22. The van der Waals surface area contributed by atoms with Crippen molar-refractivity contribution in [2.45, 2.75) is 50.3 Å². The maximum atomic E-state index is 11.7. The zero-order valence-corrected chi connectivity index (χ0v) is 10.6. The van der Waals surface area contributed by atoms with E-state index < -0.39 is 16.0 Å². The van der Waals surface area contributed by atoms with Crippen molar-refractivity contribution >= 4 is 16.7 Å². The molecule has 2 N–H and O–H groups in total. The van der Waals surface area contributed by atoms with Crippen LogP contribution in [0.4, 0.5) is 0 Å². The SMILES string of the molecule is C[C@@H](C(=O)NC1CCCCC1)[S@](=O)CCO. The highest BCUT2D eigenvalue weighted by Crippen LogP contribution is 2.17. The second-order valence-corrected chi connectivity index (χ2v) is 6.17. The average Bonchev–Trinajstić information content (AvgIpc) is 2.29. The Morgan fingerprint density at radius 1 is 1.44 bits per heavy atom. The number of hydrogen-bond acceptors (Lipinski definition) is 3. The lowest BCUT2D eigenvalue weighted by molar-refractivity contribution is -0.121. The minimum Gasteiger partial charge on any atom is -0.395 e. The maximum Gasteiger partial charge on any atom is 0.235 e. The lowest BCUT2D eigenvalue weighted by Crippen LogP contribution is -2.43. The fraction of sp³-hybridized carbons (Fsp3) is 0.909. The van der Waals surface area contributed by atoms with Gasteiger partial charge in [0.1, 0.15) is 5.25 Å². The van der Waals surface area contributed by atoms with Crippen LogP contribution in [-0.2, 0) is 15.6 Å². The van der Waals surface area contributed by atoms with E-state index in [-0.39, 0.29) is 24.3 Å². The molecular formula is C11H21NO3S. The first kappa shape index (κ1) is 13.6. The summed E-state index contributed by atoms with van der Waals surface area (Å²) in [6.07, 6.45) is 5.65. The number of aliphatic hydroxyl groups is 1. The predicted molar refractivity (Wildman–Crippen MR) is 64.6 cm³/mol. The average molecular weight is 247 g/mol. The van der Waals surface area contributed by atoms with E-state index in [1.807, 2.05) is 0 Å². The van der Waals surface area contributed by atoms with Crippen LogP contribution in [0.1, 0.15) is 39.0 Å². The first-order chi connectivity index (χ1) is 7.65. The summed E-state index contributed by atoms with van der Waals surface area (Å²) in [6.45, 7) is 1.53. The summed E-state index contributed by atoms with van der Waals surface area (Å²) in [5.74, 6) is 0.0397. The van der Waals surface area contributed by atoms with Crippen LogP contribution in [0.15, 0.2) is 0 Å². The summed E-state index contributed by atoms with van der Waals surface area (Å²) >= 11 is 0. The second kappa shape index (κ2) is 7.01. The van der Waals surface area contributed by atoms with E-state index in [0.29, 0.717) is 0 Å². The Balaban J connectivity index is 2.35. The van der Waals surface area contributed by atoms with Gasteiger partial charge in [-0.1, -0.05) is 19.3 Å². The van der Waals surface area contributed by atoms with Gasteiger partial charge in [-0.15, -0.1) is 0 Å². The van der Waals surface area contributed by atoms with Gasteiger partial charge in [0.25, 0.3) is 0 Å². The molecule has 1 rings (SSSR count). The summed E-state index contributed by atoms with van der Waals surface area (Å²) in [5, 5.41) is 11.1. The molecule has 0 bridgehead atoms. The van der Waals surface area contributed by atoms with Crippen LogP contribution in [0.5, 0.6) is 0 Å². The van der Waals surface area contributed by atoms with Crippen molar-refractivity contribution < 1.29 is 14.1 Å². The molecule has 94 valence electrons. The van der Waals surface area contributed by atoms with Gasteiger partial charge in [-0.25, -0.2) is 0 Å². The topological polar surface area (TPSA) is 66.4 Å². The Morgan fingerprint density at radius 2 is 2.06 bits per heavy atom. The highest BCUT2D eigenvalue weighted by Gasteiger charge is 2.23. The smallest absolute Gasteiger partial charge is 0.235 e. The molecule has 0 aromatic heterocycles. The molecule has 0 saturated heterocycles. The minimum atomic E-state index is -1.26. The van der Waals surface area contributed by atoms with Gasteiger partial charge in [0.05, 0.1) is 6.61 Å². The van der Waals surface area contributed by atoms with E-state index >= 15 is 0 Å². The molecule has 1 amide bonds. The molecule has 0 aromatic rings. The lowest BCUT2D eigenvalue weighted by atomic mass is 9.95. The van der Waals surface area contributed by atoms with Crippen LogP contribution in [0, 0.1) is 0 Å². The molecule has 0 aromatic carbocycles. The lowest BCUT2D eigenvalue weighted by Gasteiger charge is -2.24. The number of amides is 1. The van der Waals surface area contributed by atoms with Crippen molar-refractivity contribution in [1.82, 2.24) is 5.32 Å². The normalized spacial score (nSPS) is 21.4. The molecule has 16 heavy (non-hydrogen) atoms. The van der Waals surface area contributed by atoms with Gasteiger partial charge in [-0.3, -0.25) is 9.00 Å². The van der Waals surface area contributed by atoms with E-state index in [4.69, 9.17) is 5.11 Å². The number of nitrogens with one attached hydrogen (secondary N) is 1. The monoisotopic (exact) mass is 247 g/mol. The number of carbonyl (C=O) groups is 1. The molecule has 0 heterocycles. The van der Waals surface area contributed by atoms with E-state index in [1.54, 1.807) is 6.92 Å². The van der Waals surface area contributed by atoms with Crippen molar-refractivity contribution in [3.63, 3.8) is 0 Å². The third-order valence-corrected chi connectivity index (χ3v) is 4.60. The Labute approximate surface area is 99.3 Å². The molecule has 1 saturated carbocycles. The third-order valence-electron chi connectivity index (χ3n) is 3.01. The van der Waals surface area contributed by atoms with Crippen molar-refractivity contribution in [2.75, 3.05) is 12.4 Å². The minimum absolute atomic E-state index is 0.131. The number of hydrogen-bond donors (Lipinski definition) is 2. The second-order valence-electron chi connectivity index (χ2n) is 4.29. The van der Waals surface area contributed by atoms with Crippen LogP contribution in [0.25, 0.3) is 0 Å². The van der Waals surface area contributed by atoms with Crippen molar-refractivity contribution in [1.29, 1.82) is 0 Å². The van der Waals surface area contributed by atoms with Crippen LogP contribution < -0.4 is 5.32 Å². The van der Waals surface area contributed by atoms with Gasteiger partial charge in [-0.05, 0) is 19.8 Å². The maximum absolute atomic E-state index is 11.7. The van der Waals surface area contributed by atoms with E-state index in [0.717, 1.165) is 12.8 Å². The fourth-order valence-corrected chi connectivity index (χ4v) is 2.79. The molecule has 1 aliphatic rings. The van der Waals surface area contributed by atoms with Gasteiger partial charge in [0.15, 0.2) is 0 Å². The summed E-state index contributed by atoms with van der Waals surface area (Å²) in [5.41, 5.74) is 0. The fourth-order valence-electron chi connectivity index (χ4n) is 1.95. The van der Waals surface area contributed by atoms with Crippen LogP contribution in [0.3, 0.4) is 0 Å². The standard InChI is InChI=1S/C11H21NO3S/c1-9(16(15)8-7-13)11(14)12-10-5-3-2-4-6-10/h9-10,13H,2-8H2,1H3,(H,12,14)/t9-,16+/m0/s1. The molecule has 4 nitrogen and oxygen atoms in total. The van der Waals surface area contributed by atoms with E-state index in [9.17, 15) is 9.00 Å². The van der Waals surface area contributed by atoms with Gasteiger partial charge in [0, 0.05) is 22.6 Å². The van der Waals surface area contributed by atoms with Gasteiger partial charge in [0.2, 0.25) is 5.91 Å². The molecule has 0 radical (unpaired) electrons. The Hall–Kier alpha value is -0.420. The van der Waals surface area contributed by atoms with Crippen LogP contribution >= 0.6 is 0 Å². The molecular weight excluding hydrogens is 226 g/mol. The molecule has 2 atom stereocenters. The zero-order valence-electron chi connectivity index (χ0n) is 9.78. The van der Waals surface area contributed by atoms with E-state index in [2.05, 4.69) is 5.32 Å². The van der Waals surface area contributed by atoms with Crippen LogP contribution in [0.2, 0.25) is 0 Å². The van der Waals surface area contributed by atoms with Gasteiger partial charge < -0.3 is 10.4 Å². The van der Waals surface area contributed by atoms with Crippen LogP contribution in [-0.4, -0.2) is 38.9 Å². The molecule has 1 aliphatic carbocycles. The highest BCUT2D eigenvalue weighted by molar-refractivity contribution is 7.86. The van der Waals surface area contributed by atoms with Crippen molar-refractivity contribution in [2.24, 2.45) is 0 Å². The molecule has 5 heteroatoms. The van der Waals surface area contributed by atoms with Crippen molar-refractivity contribution in [3.05, 3.63) is 0 Å². The summed E-state index contributed by atoms with van der Waals surface area (Å²) in [4.78, 5) is 11.7. The zero-order chi connectivity index (χ0) is 12.0. The first-order valence-corrected chi connectivity index (χ1v) is 7.31. The summed E-state index contributed by atoms with van der Waals surface area (Å²) in [6, 6.07) is 0.259. The highest BCUT2D eigenvalue weighted by atomic mass is 32.2. The Kier molecular flexibility index (Phi) is 5.98. The number of aliphatic hydroxyl groups excluding tert-OH is 1. The quantitative estimate of drug-likeness (QED) is 0.746. The predicted octanol–water partition coefficient (Wildman–Crippen LogP) is 0.565.